The van der Waals surface area contributed by atoms with Gasteiger partial charge in [-0.05, 0) is 17.5 Å². The molecule has 1 atom stereocenters. The second kappa shape index (κ2) is 4.40. The summed E-state index contributed by atoms with van der Waals surface area (Å²) in [6, 6.07) is 6.16. The van der Waals surface area contributed by atoms with E-state index in [0.29, 0.717) is 12.5 Å². The molecule has 1 heterocycles. The first-order valence-corrected chi connectivity index (χ1v) is 6.16. The van der Waals surface area contributed by atoms with Crippen LogP contribution in [0.5, 0.6) is 0 Å². The molecule has 0 fully saturated rings. The van der Waals surface area contributed by atoms with Crippen molar-refractivity contribution >= 4 is 17.3 Å². The maximum absolute atomic E-state index is 12.1. The number of hydrogen-bond acceptors (Lipinski definition) is 2. The highest BCUT2D eigenvalue weighted by molar-refractivity contribution is 5.99. The summed E-state index contributed by atoms with van der Waals surface area (Å²) in [6.45, 7) is 7.02. The van der Waals surface area contributed by atoms with Gasteiger partial charge in [0, 0.05) is 13.6 Å². The lowest BCUT2D eigenvalue weighted by Crippen LogP contribution is -2.31. The fourth-order valence-electron chi connectivity index (χ4n) is 2.30. The summed E-state index contributed by atoms with van der Waals surface area (Å²) in [7, 11) is 1.86. The van der Waals surface area contributed by atoms with Crippen LogP contribution in [-0.4, -0.2) is 19.5 Å². The zero-order chi connectivity index (χ0) is 12.6. The molecule has 0 saturated heterocycles. The second-order valence-corrected chi connectivity index (χ2v) is 5.08. The molecule has 0 aliphatic carbocycles. The van der Waals surface area contributed by atoms with E-state index in [-0.39, 0.29) is 11.8 Å². The van der Waals surface area contributed by atoms with Crippen molar-refractivity contribution in [3.63, 3.8) is 0 Å². The molecule has 3 heteroatoms. The van der Waals surface area contributed by atoms with Crippen molar-refractivity contribution in [3.05, 3.63) is 23.8 Å². The van der Waals surface area contributed by atoms with Gasteiger partial charge >= 0.3 is 0 Å². The van der Waals surface area contributed by atoms with Crippen LogP contribution < -0.4 is 10.2 Å². The zero-order valence-corrected chi connectivity index (χ0v) is 10.9. The molecule has 1 aromatic carbocycles. The molecule has 3 nitrogen and oxygen atoms in total. The minimum atomic E-state index is 0.0208. The van der Waals surface area contributed by atoms with Gasteiger partial charge in [0.25, 0.3) is 0 Å². The molecular weight excluding hydrogens is 212 g/mol. The van der Waals surface area contributed by atoms with Crippen molar-refractivity contribution < 1.29 is 4.79 Å². The molecule has 1 amide bonds. The van der Waals surface area contributed by atoms with Crippen molar-refractivity contribution in [2.75, 3.05) is 23.8 Å². The zero-order valence-electron chi connectivity index (χ0n) is 10.9. The number of fused-ring (bicyclic) bond motifs is 1. The normalized spacial score (nSPS) is 19.9. The van der Waals surface area contributed by atoms with E-state index in [4.69, 9.17) is 0 Å². The largest absolute Gasteiger partial charge is 0.382 e. The van der Waals surface area contributed by atoms with Gasteiger partial charge in [0.2, 0.25) is 5.91 Å². The summed E-state index contributed by atoms with van der Waals surface area (Å²) in [5.41, 5.74) is 3.38. The summed E-state index contributed by atoms with van der Waals surface area (Å²) in [5, 5.41) is 3.42. The van der Waals surface area contributed by atoms with Crippen molar-refractivity contribution in [1.29, 1.82) is 0 Å². The molecule has 1 aromatic rings. The molecule has 17 heavy (non-hydrogen) atoms. The van der Waals surface area contributed by atoms with E-state index in [0.717, 1.165) is 11.4 Å². The number of carbonyl (C=O) groups is 1. The number of rotatable bonds is 1. The average molecular weight is 232 g/mol. The average Bonchev–Trinajstić information content (AvgIpc) is 2.42. The second-order valence-electron chi connectivity index (χ2n) is 5.08. The number of amides is 1. The molecule has 1 aliphatic heterocycles. The van der Waals surface area contributed by atoms with Crippen LogP contribution in [0.3, 0.4) is 0 Å². The summed E-state index contributed by atoms with van der Waals surface area (Å²) in [6.07, 6.45) is 0. The Labute approximate surface area is 103 Å². The Morgan fingerprint density at radius 3 is 2.76 bits per heavy atom. The maximum Gasteiger partial charge on any atom is 0.231 e. The monoisotopic (exact) mass is 232 g/mol. The maximum atomic E-state index is 12.1. The Kier molecular flexibility index (Phi) is 3.09. The molecule has 2 rings (SSSR count). The van der Waals surface area contributed by atoms with Gasteiger partial charge in [-0.1, -0.05) is 32.9 Å². The summed E-state index contributed by atoms with van der Waals surface area (Å²) >= 11 is 0. The molecule has 1 unspecified atom stereocenters. The molecule has 0 saturated carbocycles. The van der Waals surface area contributed by atoms with E-state index >= 15 is 0 Å². The van der Waals surface area contributed by atoms with Crippen LogP contribution in [0, 0.1) is 5.92 Å². The summed E-state index contributed by atoms with van der Waals surface area (Å²) in [4.78, 5) is 13.8. The first-order chi connectivity index (χ1) is 8.02. The van der Waals surface area contributed by atoms with E-state index in [2.05, 4.69) is 25.2 Å². The Hall–Kier alpha value is -1.51. The smallest absolute Gasteiger partial charge is 0.231 e. The van der Waals surface area contributed by atoms with E-state index in [1.807, 2.05) is 26.1 Å². The predicted octanol–water partition coefficient (Wildman–Crippen LogP) is 2.83. The van der Waals surface area contributed by atoms with Crippen molar-refractivity contribution in [2.24, 2.45) is 5.92 Å². The number of hydrogen-bond donors (Lipinski definition) is 1. The first-order valence-electron chi connectivity index (χ1n) is 6.16. The van der Waals surface area contributed by atoms with E-state index in [9.17, 15) is 4.79 Å². The number of nitrogens with zero attached hydrogens (tertiary/aromatic N) is 1. The number of nitrogens with one attached hydrogen (secondary N) is 1. The number of carbonyl (C=O) groups excluding carboxylic acids is 1. The van der Waals surface area contributed by atoms with Gasteiger partial charge in [0.1, 0.15) is 0 Å². The van der Waals surface area contributed by atoms with Gasteiger partial charge in [-0.3, -0.25) is 4.79 Å². The van der Waals surface area contributed by atoms with E-state index in [1.165, 1.54) is 5.56 Å². The Morgan fingerprint density at radius 1 is 1.41 bits per heavy atom. The lowest BCUT2D eigenvalue weighted by molar-refractivity contribution is -0.121. The SMILES string of the molecule is CC1CNc2c(C(C)C)cccc2N(C)C1=O. The van der Waals surface area contributed by atoms with Crippen molar-refractivity contribution in [2.45, 2.75) is 26.7 Å². The highest BCUT2D eigenvalue weighted by Gasteiger charge is 2.26. The lowest BCUT2D eigenvalue weighted by Gasteiger charge is -2.21. The van der Waals surface area contributed by atoms with Crippen LogP contribution in [0.1, 0.15) is 32.3 Å². The predicted molar refractivity (Wildman–Crippen MR) is 71.6 cm³/mol. The fourth-order valence-corrected chi connectivity index (χ4v) is 2.30. The topological polar surface area (TPSA) is 32.3 Å². The molecule has 0 spiro atoms. The minimum Gasteiger partial charge on any atom is -0.382 e. The third-order valence-corrected chi connectivity index (χ3v) is 3.40. The van der Waals surface area contributed by atoms with Crippen LogP contribution in [0.2, 0.25) is 0 Å². The molecule has 0 radical (unpaired) electrons. The Balaban J connectivity index is 2.53. The fraction of sp³-hybridized carbons (Fsp3) is 0.500. The van der Waals surface area contributed by atoms with Gasteiger partial charge in [0.05, 0.1) is 17.3 Å². The van der Waals surface area contributed by atoms with Gasteiger partial charge in [0.15, 0.2) is 0 Å². The van der Waals surface area contributed by atoms with Crippen LogP contribution in [0.15, 0.2) is 18.2 Å². The van der Waals surface area contributed by atoms with E-state index < -0.39 is 0 Å². The van der Waals surface area contributed by atoms with Crippen LogP contribution in [-0.2, 0) is 4.79 Å². The third-order valence-electron chi connectivity index (χ3n) is 3.40. The number of para-hydroxylation sites is 1. The van der Waals surface area contributed by atoms with Gasteiger partial charge < -0.3 is 10.2 Å². The Bertz CT molecular complexity index is 440. The van der Waals surface area contributed by atoms with Crippen LogP contribution in [0.4, 0.5) is 11.4 Å². The van der Waals surface area contributed by atoms with Crippen molar-refractivity contribution in [1.82, 2.24) is 0 Å². The van der Waals surface area contributed by atoms with E-state index in [1.54, 1.807) is 4.90 Å². The molecule has 1 N–H and O–H groups in total. The first kappa shape index (κ1) is 12.0. The number of anilines is 2. The van der Waals surface area contributed by atoms with Gasteiger partial charge in [-0.15, -0.1) is 0 Å². The number of benzene rings is 1. The standard InChI is InChI=1S/C14H20N2O/c1-9(2)11-6-5-7-12-13(11)15-8-10(3)14(17)16(12)4/h5-7,9-10,15H,8H2,1-4H3. The van der Waals surface area contributed by atoms with Crippen molar-refractivity contribution in [3.8, 4) is 0 Å². The summed E-state index contributed by atoms with van der Waals surface area (Å²) in [5.74, 6) is 0.652. The minimum absolute atomic E-state index is 0.0208. The van der Waals surface area contributed by atoms with Crippen LogP contribution in [0.25, 0.3) is 0 Å². The summed E-state index contributed by atoms with van der Waals surface area (Å²) < 4.78 is 0. The molecular formula is C14H20N2O. The highest BCUT2D eigenvalue weighted by Crippen LogP contribution is 2.35. The molecule has 0 bridgehead atoms. The van der Waals surface area contributed by atoms with Gasteiger partial charge in [-0.2, -0.15) is 0 Å². The molecule has 92 valence electrons. The Morgan fingerprint density at radius 2 is 2.12 bits per heavy atom. The van der Waals surface area contributed by atoms with Crippen LogP contribution >= 0.6 is 0 Å². The molecule has 1 aliphatic rings. The lowest BCUT2D eigenvalue weighted by atomic mass is 10.00. The van der Waals surface area contributed by atoms with Gasteiger partial charge in [-0.25, -0.2) is 0 Å². The molecule has 0 aromatic heterocycles. The third kappa shape index (κ3) is 2.02. The highest BCUT2D eigenvalue weighted by atomic mass is 16.2. The quantitative estimate of drug-likeness (QED) is 0.807.